The van der Waals surface area contributed by atoms with Crippen molar-refractivity contribution in [2.75, 3.05) is 18.9 Å². The number of benzene rings is 1. The monoisotopic (exact) mass is 361 g/mol. The number of carbonyl (C=O) groups is 2. The van der Waals surface area contributed by atoms with Crippen molar-refractivity contribution in [2.24, 2.45) is 0 Å². The van der Waals surface area contributed by atoms with Crippen LogP contribution in [0.1, 0.15) is 26.5 Å². The number of aryl methyl sites for hydroxylation is 2. The second kappa shape index (κ2) is 8.35. The Morgan fingerprint density at radius 1 is 1.21 bits per heavy atom. The van der Waals surface area contributed by atoms with E-state index < -0.39 is 5.97 Å². The van der Waals surface area contributed by atoms with Gasteiger partial charge in [-0.2, -0.15) is 0 Å². The third-order valence-corrected chi connectivity index (χ3v) is 5.95. The molecule has 24 heavy (non-hydrogen) atoms. The number of thiophene rings is 1. The zero-order valence-electron chi connectivity index (χ0n) is 13.2. The lowest BCUT2D eigenvalue weighted by Gasteiger charge is -2.06. The molecule has 0 aliphatic heterocycles. The molecule has 6 heteroatoms. The van der Waals surface area contributed by atoms with E-state index in [0.29, 0.717) is 11.4 Å². The first-order valence-electron chi connectivity index (χ1n) is 7.95. The SMILES string of the molecule is O=C(COC(=O)c1cc2c(s1)CCC2)NCCSc1ccccc1. The molecule has 0 unspecified atom stereocenters. The first-order valence-corrected chi connectivity index (χ1v) is 9.76. The minimum absolute atomic E-state index is 0.225. The molecule has 1 aromatic heterocycles. The Kier molecular flexibility index (Phi) is 5.93. The Morgan fingerprint density at radius 3 is 2.83 bits per heavy atom. The lowest BCUT2D eigenvalue weighted by Crippen LogP contribution is -2.30. The summed E-state index contributed by atoms with van der Waals surface area (Å²) in [5.74, 6) is 0.116. The molecule has 0 bridgehead atoms. The van der Waals surface area contributed by atoms with Crippen molar-refractivity contribution in [1.82, 2.24) is 5.32 Å². The van der Waals surface area contributed by atoms with Crippen molar-refractivity contribution in [3.63, 3.8) is 0 Å². The molecule has 2 aromatic rings. The highest BCUT2D eigenvalue weighted by atomic mass is 32.2. The molecule has 1 aliphatic carbocycles. The molecule has 0 saturated carbocycles. The Bertz CT molecular complexity index is 691. The first-order chi connectivity index (χ1) is 11.7. The fraction of sp³-hybridized carbons (Fsp3) is 0.333. The third-order valence-electron chi connectivity index (χ3n) is 3.72. The molecule has 0 fully saturated rings. The average molecular weight is 361 g/mol. The van der Waals surface area contributed by atoms with Crippen LogP contribution in [-0.2, 0) is 22.4 Å². The molecule has 1 N–H and O–H groups in total. The Hall–Kier alpha value is -1.79. The second-order valence-corrected chi connectivity index (χ2v) is 7.81. The van der Waals surface area contributed by atoms with Crippen LogP contribution in [0.5, 0.6) is 0 Å². The summed E-state index contributed by atoms with van der Waals surface area (Å²) in [5.41, 5.74) is 1.26. The molecule has 4 nitrogen and oxygen atoms in total. The predicted molar refractivity (Wildman–Crippen MR) is 96.8 cm³/mol. The van der Waals surface area contributed by atoms with E-state index in [1.54, 1.807) is 11.8 Å². The van der Waals surface area contributed by atoms with Gasteiger partial charge in [0.25, 0.3) is 5.91 Å². The fourth-order valence-corrected chi connectivity index (χ4v) is 4.50. The molecule has 1 amide bonds. The van der Waals surface area contributed by atoms with Crippen molar-refractivity contribution >= 4 is 35.0 Å². The van der Waals surface area contributed by atoms with E-state index in [1.165, 1.54) is 33.1 Å². The second-order valence-electron chi connectivity index (χ2n) is 5.50. The first kappa shape index (κ1) is 17.0. The smallest absolute Gasteiger partial charge is 0.348 e. The molecule has 1 heterocycles. The van der Waals surface area contributed by atoms with Crippen LogP contribution in [0.4, 0.5) is 0 Å². The van der Waals surface area contributed by atoms with Crippen molar-refractivity contribution < 1.29 is 14.3 Å². The van der Waals surface area contributed by atoms with E-state index in [1.807, 2.05) is 36.4 Å². The molecule has 3 rings (SSSR count). The van der Waals surface area contributed by atoms with Crippen molar-refractivity contribution in [1.29, 1.82) is 0 Å². The lowest BCUT2D eigenvalue weighted by molar-refractivity contribution is -0.124. The zero-order valence-corrected chi connectivity index (χ0v) is 14.9. The summed E-state index contributed by atoms with van der Waals surface area (Å²) in [6.45, 7) is 0.320. The van der Waals surface area contributed by atoms with Gasteiger partial charge < -0.3 is 10.1 Å². The number of nitrogens with one attached hydrogen (secondary N) is 1. The average Bonchev–Trinajstić information content (AvgIpc) is 3.19. The van der Waals surface area contributed by atoms with Gasteiger partial charge in [-0.3, -0.25) is 4.79 Å². The number of esters is 1. The molecule has 1 aliphatic rings. The quantitative estimate of drug-likeness (QED) is 0.467. The maximum atomic E-state index is 12.0. The van der Waals surface area contributed by atoms with Crippen molar-refractivity contribution in [2.45, 2.75) is 24.2 Å². The van der Waals surface area contributed by atoms with Gasteiger partial charge in [0.15, 0.2) is 6.61 Å². The minimum atomic E-state index is -0.400. The molecule has 0 saturated heterocycles. The number of hydrogen-bond donors (Lipinski definition) is 1. The molecule has 0 spiro atoms. The van der Waals surface area contributed by atoms with E-state index >= 15 is 0 Å². The topological polar surface area (TPSA) is 55.4 Å². The summed E-state index contributed by atoms with van der Waals surface area (Å²) in [4.78, 5) is 26.8. The van der Waals surface area contributed by atoms with E-state index in [4.69, 9.17) is 4.74 Å². The molecule has 126 valence electrons. The highest BCUT2D eigenvalue weighted by Gasteiger charge is 2.19. The summed E-state index contributed by atoms with van der Waals surface area (Å²) < 4.78 is 5.09. The van der Waals surface area contributed by atoms with Crippen LogP contribution in [0.2, 0.25) is 0 Å². The van der Waals surface area contributed by atoms with Crippen LogP contribution < -0.4 is 5.32 Å². The highest BCUT2D eigenvalue weighted by molar-refractivity contribution is 7.99. The van der Waals surface area contributed by atoms with Crippen LogP contribution in [-0.4, -0.2) is 30.8 Å². The fourth-order valence-electron chi connectivity index (χ4n) is 2.56. The number of hydrogen-bond acceptors (Lipinski definition) is 5. The molecular weight excluding hydrogens is 342 g/mol. The van der Waals surface area contributed by atoms with Gasteiger partial charge in [0, 0.05) is 22.1 Å². The van der Waals surface area contributed by atoms with Gasteiger partial charge in [-0.05, 0) is 43.0 Å². The van der Waals surface area contributed by atoms with Gasteiger partial charge in [0.1, 0.15) is 4.88 Å². The minimum Gasteiger partial charge on any atom is -0.451 e. The number of amides is 1. The predicted octanol–water partition coefficient (Wildman–Crippen LogP) is 3.30. The summed E-state index contributed by atoms with van der Waals surface area (Å²) in [6.07, 6.45) is 3.26. The summed E-state index contributed by atoms with van der Waals surface area (Å²) >= 11 is 3.17. The van der Waals surface area contributed by atoms with Gasteiger partial charge >= 0.3 is 5.97 Å². The van der Waals surface area contributed by atoms with Gasteiger partial charge in [-0.25, -0.2) is 4.79 Å². The maximum Gasteiger partial charge on any atom is 0.348 e. The van der Waals surface area contributed by atoms with Gasteiger partial charge in [-0.1, -0.05) is 18.2 Å². The highest BCUT2D eigenvalue weighted by Crippen LogP contribution is 2.30. The van der Waals surface area contributed by atoms with Crippen molar-refractivity contribution in [3.8, 4) is 0 Å². The number of thioether (sulfide) groups is 1. The maximum absolute atomic E-state index is 12.0. The van der Waals surface area contributed by atoms with E-state index in [-0.39, 0.29) is 12.5 Å². The normalized spacial score (nSPS) is 12.7. The third kappa shape index (κ3) is 4.61. The summed E-state index contributed by atoms with van der Waals surface area (Å²) in [7, 11) is 0. The lowest BCUT2D eigenvalue weighted by atomic mass is 10.2. The zero-order chi connectivity index (χ0) is 16.8. The molecule has 1 aromatic carbocycles. The molecule has 0 radical (unpaired) electrons. The van der Waals surface area contributed by atoms with E-state index in [0.717, 1.165) is 18.6 Å². The van der Waals surface area contributed by atoms with Gasteiger partial charge in [-0.15, -0.1) is 23.1 Å². The molecular formula is C18H19NO3S2. The van der Waals surface area contributed by atoms with E-state index in [9.17, 15) is 9.59 Å². The van der Waals surface area contributed by atoms with Crippen LogP contribution >= 0.6 is 23.1 Å². The van der Waals surface area contributed by atoms with E-state index in [2.05, 4.69) is 5.32 Å². The summed E-state index contributed by atoms with van der Waals surface area (Å²) in [6, 6.07) is 11.9. The van der Waals surface area contributed by atoms with Crippen LogP contribution in [0.3, 0.4) is 0 Å². The van der Waals surface area contributed by atoms with Crippen LogP contribution in [0, 0.1) is 0 Å². The Balaban J connectivity index is 1.34. The van der Waals surface area contributed by atoms with Gasteiger partial charge in [0.2, 0.25) is 0 Å². The number of fused-ring (bicyclic) bond motifs is 1. The van der Waals surface area contributed by atoms with Crippen LogP contribution in [0.15, 0.2) is 41.3 Å². The van der Waals surface area contributed by atoms with Gasteiger partial charge in [0.05, 0.1) is 0 Å². The Morgan fingerprint density at radius 2 is 2.04 bits per heavy atom. The van der Waals surface area contributed by atoms with Crippen molar-refractivity contribution in [3.05, 3.63) is 51.7 Å². The standard InChI is InChI=1S/C18H19NO3S2/c20-17(19-9-10-23-14-6-2-1-3-7-14)12-22-18(21)16-11-13-5-4-8-15(13)24-16/h1-3,6-7,11H,4-5,8-10,12H2,(H,19,20). The van der Waals surface area contributed by atoms with Crippen LogP contribution in [0.25, 0.3) is 0 Å². The summed E-state index contributed by atoms with van der Waals surface area (Å²) in [5, 5.41) is 2.77. The number of carbonyl (C=O) groups excluding carboxylic acids is 2. The largest absolute Gasteiger partial charge is 0.451 e. The molecule has 0 atom stereocenters. The Labute approximate surface area is 149 Å². The number of rotatable bonds is 7. The number of ether oxygens (including phenoxy) is 1.